The minimum atomic E-state index is -1.32. The second-order valence-electron chi connectivity index (χ2n) is 5.96. The molecule has 0 radical (unpaired) electrons. The molecular formula is C16H20O5. The quantitative estimate of drug-likeness (QED) is 0.672. The molecule has 0 saturated heterocycles. The molecule has 0 atom stereocenters. The van der Waals surface area contributed by atoms with Crippen molar-refractivity contribution in [3.8, 4) is 0 Å². The summed E-state index contributed by atoms with van der Waals surface area (Å²) >= 11 is 0. The van der Waals surface area contributed by atoms with E-state index in [1.54, 1.807) is 13.8 Å². The van der Waals surface area contributed by atoms with Gasteiger partial charge in [0.05, 0.1) is 19.8 Å². The second kappa shape index (κ2) is 5.15. The van der Waals surface area contributed by atoms with Gasteiger partial charge in [-0.1, -0.05) is 18.2 Å². The Morgan fingerprint density at radius 3 is 2.10 bits per heavy atom. The first-order valence-corrected chi connectivity index (χ1v) is 6.76. The standard InChI is InChI=1S/C16H20O5/c1-15(2,19)12-6-5-10-8-16(13(17)20-3,14(18)21-4)9-11(10)7-12/h5-7,19H,8-9H2,1-4H3. The zero-order valence-corrected chi connectivity index (χ0v) is 12.7. The average Bonchev–Trinajstić information content (AvgIpc) is 2.84. The van der Waals surface area contributed by atoms with Crippen molar-refractivity contribution < 1.29 is 24.2 Å². The van der Waals surface area contributed by atoms with Crippen LogP contribution in [0, 0.1) is 5.41 Å². The highest BCUT2D eigenvalue weighted by Gasteiger charge is 2.52. The van der Waals surface area contributed by atoms with Gasteiger partial charge in [0.25, 0.3) is 0 Å². The lowest BCUT2D eigenvalue weighted by molar-refractivity contribution is -0.168. The number of carbonyl (C=O) groups excluding carboxylic acids is 2. The monoisotopic (exact) mass is 292 g/mol. The minimum Gasteiger partial charge on any atom is -0.468 e. The van der Waals surface area contributed by atoms with Gasteiger partial charge in [0.2, 0.25) is 0 Å². The van der Waals surface area contributed by atoms with Crippen LogP contribution in [-0.2, 0) is 37.5 Å². The summed E-state index contributed by atoms with van der Waals surface area (Å²) in [6, 6.07) is 5.49. The molecule has 5 heteroatoms. The first-order valence-electron chi connectivity index (χ1n) is 6.76. The lowest BCUT2D eigenvalue weighted by Gasteiger charge is -2.22. The summed E-state index contributed by atoms with van der Waals surface area (Å²) in [6.07, 6.45) is 0.486. The van der Waals surface area contributed by atoms with E-state index < -0.39 is 23.0 Å². The Morgan fingerprint density at radius 2 is 1.62 bits per heavy atom. The van der Waals surface area contributed by atoms with Crippen LogP contribution < -0.4 is 0 Å². The van der Waals surface area contributed by atoms with Crippen molar-refractivity contribution in [1.29, 1.82) is 0 Å². The fourth-order valence-corrected chi connectivity index (χ4v) is 2.82. The number of benzene rings is 1. The van der Waals surface area contributed by atoms with Crippen LogP contribution in [-0.4, -0.2) is 31.3 Å². The maximum Gasteiger partial charge on any atom is 0.323 e. The number of rotatable bonds is 3. The van der Waals surface area contributed by atoms with Gasteiger partial charge in [-0.2, -0.15) is 0 Å². The van der Waals surface area contributed by atoms with Crippen molar-refractivity contribution in [3.63, 3.8) is 0 Å². The molecule has 1 N–H and O–H groups in total. The summed E-state index contributed by atoms with van der Waals surface area (Å²) in [4.78, 5) is 24.2. The molecule has 0 heterocycles. The number of carbonyl (C=O) groups is 2. The van der Waals surface area contributed by atoms with E-state index in [1.807, 2.05) is 18.2 Å². The number of aliphatic hydroxyl groups is 1. The van der Waals surface area contributed by atoms with Crippen LogP contribution in [0.1, 0.15) is 30.5 Å². The Kier molecular flexibility index (Phi) is 3.80. The SMILES string of the molecule is COC(=O)C1(C(=O)OC)Cc2ccc(C(C)(C)O)cc2C1. The van der Waals surface area contributed by atoms with Crippen molar-refractivity contribution in [3.05, 3.63) is 34.9 Å². The number of hydrogen-bond acceptors (Lipinski definition) is 5. The van der Waals surface area contributed by atoms with E-state index in [-0.39, 0.29) is 12.8 Å². The zero-order chi connectivity index (χ0) is 15.8. The lowest BCUT2D eigenvalue weighted by atomic mass is 9.85. The Labute approximate surface area is 123 Å². The van der Waals surface area contributed by atoms with Crippen LogP contribution in [0.25, 0.3) is 0 Å². The van der Waals surface area contributed by atoms with E-state index >= 15 is 0 Å². The maximum atomic E-state index is 12.1. The van der Waals surface area contributed by atoms with E-state index in [4.69, 9.17) is 9.47 Å². The Hall–Kier alpha value is -1.88. The molecule has 0 aliphatic heterocycles. The number of fused-ring (bicyclic) bond motifs is 1. The van der Waals surface area contributed by atoms with Gasteiger partial charge in [0, 0.05) is 0 Å². The van der Waals surface area contributed by atoms with Crippen molar-refractivity contribution in [1.82, 2.24) is 0 Å². The topological polar surface area (TPSA) is 72.8 Å². The molecule has 1 aromatic carbocycles. The third-order valence-corrected chi connectivity index (χ3v) is 4.05. The Bertz CT molecular complexity index is 567. The molecule has 1 aromatic rings. The van der Waals surface area contributed by atoms with E-state index in [2.05, 4.69) is 0 Å². The summed E-state index contributed by atoms with van der Waals surface area (Å²) in [5.74, 6) is -1.18. The molecule has 1 aliphatic carbocycles. The normalized spacial score (nSPS) is 16.2. The predicted molar refractivity (Wildman–Crippen MR) is 75.6 cm³/mol. The van der Waals surface area contributed by atoms with Crippen LogP contribution >= 0.6 is 0 Å². The van der Waals surface area contributed by atoms with Gasteiger partial charge in [0.1, 0.15) is 0 Å². The molecule has 0 aromatic heterocycles. The molecule has 5 nitrogen and oxygen atoms in total. The van der Waals surface area contributed by atoms with Gasteiger partial charge in [0.15, 0.2) is 5.41 Å². The molecule has 0 saturated carbocycles. The van der Waals surface area contributed by atoms with Crippen LogP contribution in [0.2, 0.25) is 0 Å². The summed E-state index contributed by atoms with van der Waals surface area (Å²) in [5.41, 5.74) is 0.219. The van der Waals surface area contributed by atoms with Crippen LogP contribution in [0.15, 0.2) is 18.2 Å². The first kappa shape index (κ1) is 15.5. The van der Waals surface area contributed by atoms with Gasteiger partial charge < -0.3 is 14.6 Å². The molecule has 0 unspecified atom stereocenters. The van der Waals surface area contributed by atoms with Crippen molar-refractivity contribution >= 4 is 11.9 Å². The highest BCUT2D eigenvalue weighted by atomic mass is 16.5. The summed E-state index contributed by atoms with van der Waals surface area (Å²) in [7, 11) is 2.52. The summed E-state index contributed by atoms with van der Waals surface area (Å²) in [5, 5.41) is 10.1. The van der Waals surface area contributed by atoms with Gasteiger partial charge in [-0.3, -0.25) is 9.59 Å². The minimum absolute atomic E-state index is 0.228. The van der Waals surface area contributed by atoms with Crippen molar-refractivity contribution in [2.75, 3.05) is 14.2 Å². The first-order chi connectivity index (χ1) is 9.74. The highest BCUT2D eigenvalue weighted by molar-refractivity contribution is 6.01. The third-order valence-electron chi connectivity index (χ3n) is 4.05. The predicted octanol–water partition coefficient (Wildman–Crippen LogP) is 1.34. The van der Waals surface area contributed by atoms with Gasteiger partial charge in [-0.15, -0.1) is 0 Å². The van der Waals surface area contributed by atoms with E-state index in [0.717, 1.165) is 16.7 Å². The summed E-state index contributed by atoms with van der Waals surface area (Å²) < 4.78 is 9.60. The van der Waals surface area contributed by atoms with Crippen LogP contribution in [0.5, 0.6) is 0 Å². The van der Waals surface area contributed by atoms with Gasteiger partial charge in [-0.25, -0.2) is 0 Å². The smallest absolute Gasteiger partial charge is 0.323 e. The second-order valence-corrected chi connectivity index (χ2v) is 5.96. The Balaban J connectivity index is 2.44. The van der Waals surface area contributed by atoms with Crippen LogP contribution in [0.3, 0.4) is 0 Å². The zero-order valence-electron chi connectivity index (χ0n) is 12.7. The maximum absolute atomic E-state index is 12.1. The molecule has 2 rings (SSSR count). The van der Waals surface area contributed by atoms with E-state index in [0.29, 0.717) is 0 Å². The molecular weight excluding hydrogens is 272 g/mol. The fourth-order valence-electron chi connectivity index (χ4n) is 2.82. The molecule has 0 fully saturated rings. The largest absolute Gasteiger partial charge is 0.468 e. The average molecular weight is 292 g/mol. The lowest BCUT2D eigenvalue weighted by Crippen LogP contribution is -2.42. The molecule has 0 spiro atoms. The molecule has 1 aliphatic rings. The number of ether oxygens (including phenoxy) is 2. The number of hydrogen-bond donors (Lipinski definition) is 1. The third kappa shape index (κ3) is 2.53. The van der Waals surface area contributed by atoms with Crippen molar-refractivity contribution in [2.45, 2.75) is 32.3 Å². The van der Waals surface area contributed by atoms with E-state index in [9.17, 15) is 14.7 Å². The van der Waals surface area contributed by atoms with E-state index in [1.165, 1.54) is 14.2 Å². The van der Waals surface area contributed by atoms with Crippen LogP contribution in [0.4, 0.5) is 0 Å². The number of esters is 2. The molecule has 0 bridgehead atoms. The highest BCUT2D eigenvalue weighted by Crippen LogP contribution is 2.40. The molecule has 21 heavy (non-hydrogen) atoms. The molecule has 0 amide bonds. The fraction of sp³-hybridized carbons (Fsp3) is 0.500. The van der Waals surface area contributed by atoms with Gasteiger partial charge in [-0.05, 0) is 43.4 Å². The Morgan fingerprint density at radius 1 is 1.10 bits per heavy atom. The van der Waals surface area contributed by atoms with Crippen molar-refractivity contribution in [2.24, 2.45) is 5.41 Å². The number of methoxy groups -OCH3 is 2. The molecule has 114 valence electrons. The van der Waals surface area contributed by atoms with Gasteiger partial charge >= 0.3 is 11.9 Å². The summed E-state index contributed by atoms with van der Waals surface area (Å²) in [6.45, 7) is 3.38.